The zero-order valence-corrected chi connectivity index (χ0v) is 5.38. The zero-order valence-electron chi connectivity index (χ0n) is 5.38. The summed E-state index contributed by atoms with van der Waals surface area (Å²) in [7, 11) is 0. The molecule has 9 heavy (non-hydrogen) atoms. The van der Waals surface area contributed by atoms with Crippen molar-refractivity contribution in [2.45, 2.75) is 12.5 Å². The Hall–Kier alpha value is -0.120. The van der Waals surface area contributed by atoms with E-state index >= 15 is 0 Å². The van der Waals surface area contributed by atoms with Gasteiger partial charge < -0.3 is 15.5 Å². The topological polar surface area (TPSA) is 52.5 Å². The Morgan fingerprint density at radius 2 is 2.44 bits per heavy atom. The number of hydrogen-bond acceptors (Lipinski definition) is 3. The number of hydrogen-bond donors (Lipinski definition) is 3. The molecule has 2 atom stereocenters. The molecule has 0 aromatic heterocycles. The van der Waals surface area contributed by atoms with Crippen LogP contribution in [0.4, 0.5) is 0 Å². The summed E-state index contributed by atoms with van der Waals surface area (Å²) >= 11 is 0. The Morgan fingerprint density at radius 3 is 2.89 bits per heavy atom. The Morgan fingerprint density at radius 1 is 1.67 bits per heavy atom. The van der Waals surface area contributed by atoms with Crippen LogP contribution < -0.4 is 5.32 Å². The van der Waals surface area contributed by atoms with Gasteiger partial charge in [0.15, 0.2) is 0 Å². The molecule has 3 heteroatoms. The van der Waals surface area contributed by atoms with Gasteiger partial charge in [0, 0.05) is 12.5 Å². The van der Waals surface area contributed by atoms with Gasteiger partial charge in [0.1, 0.15) is 0 Å². The van der Waals surface area contributed by atoms with E-state index in [1.54, 1.807) is 0 Å². The van der Waals surface area contributed by atoms with Crippen LogP contribution in [-0.2, 0) is 0 Å². The summed E-state index contributed by atoms with van der Waals surface area (Å²) in [6.45, 7) is 1.72. The first-order valence-corrected chi connectivity index (χ1v) is 3.34. The van der Waals surface area contributed by atoms with Gasteiger partial charge in [-0.2, -0.15) is 0 Å². The SMILES string of the molecule is OC[C@@H](O)[C@H]1CCNC1. The lowest BCUT2D eigenvalue weighted by molar-refractivity contribution is 0.0539. The maximum Gasteiger partial charge on any atom is 0.0811 e. The Balaban J connectivity index is 2.24. The molecule has 0 spiro atoms. The maximum atomic E-state index is 9.07. The molecule has 1 aliphatic rings. The number of aliphatic hydroxyl groups excluding tert-OH is 2. The minimum Gasteiger partial charge on any atom is -0.394 e. The van der Waals surface area contributed by atoms with Gasteiger partial charge in [-0.1, -0.05) is 0 Å². The molecular weight excluding hydrogens is 118 g/mol. The first kappa shape index (κ1) is 6.99. The van der Waals surface area contributed by atoms with Crippen LogP contribution in [0.2, 0.25) is 0 Å². The molecule has 0 unspecified atom stereocenters. The summed E-state index contributed by atoms with van der Waals surface area (Å²) in [6, 6.07) is 0. The Labute approximate surface area is 54.7 Å². The van der Waals surface area contributed by atoms with Crippen LogP contribution in [-0.4, -0.2) is 36.0 Å². The van der Waals surface area contributed by atoms with Crippen LogP contribution >= 0.6 is 0 Å². The van der Waals surface area contributed by atoms with E-state index in [0.717, 1.165) is 19.5 Å². The highest BCUT2D eigenvalue weighted by molar-refractivity contribution is 4.76. The lowest BCUT2D eigenvalue weighted by atomic mass is 10.0. The van der Waals surface area contributed by atoms with E-state index in [-0.39, 0.29) is 12.5 Å². The van der Waals surface area contributed by atoms with Crippen molar-refractivity contribution in [3.05, 3.63) is 0 Å². The lowest BCUT2D eigenvalue weighted by Gasteiger charge is -2.12. The number of aliphatic hydroxyl groups is 2. The van der Waals surface area contributed by atoms with Gasteiger partial charge in [-0.3, -0.25) is 0 Å². The van der Waals surface area contributed by atoms with E-state index < -0.39 is 6.10 Å². The lowest BCUT2D eigenvalue weighted by Crippen LogP contribution is -2.25. The predicted molar refractivity (Wildman–Crippen MR) is 34.1 cm³/mol. The second-order valence-electron chi connectivity index (χ2n) is 2.50. The molecule has 1 fully saturated rings. The molecule has 0 aromatic carbocycles. The van der Waals surface area contributed by atoms with Crippen molar-refractivity contribution in [1.29, 1.82) is 0 Å². The fourth-order valence-corrected chi connectivity index (χ4v) is 1.15. The fraction of sp³-hybridized carbons (Fsp3) is 1.00. The average Bonchev–Trinajstić information content (AvgIpc) is 2.37. The zero-order chi connectivity index (χ0) is 6.69. The second kappa shape index (κ2) is 3.15. The minimum atomic E-state index is -0.514. The third kappa shape index (κ3) is 1.64. The van der Waals surface area contributed by atoms with Crippen LogP contribution in [0.25, 0.3) is 0 Å². The highest BCUT2D eigenvalue weighted by atomic mass is 16.3. The third-order valence-electron chi connectivity index (χ3n) is 1.83. The van der Waals surface area contributed by atoms with Crippen molar-refractivity contribution >= 4 is 0 Å². The Bertz CT molecular complexity index is 81.1. The highest BCUT2D eigenvalue weighted by Crippen LogP contribution is 2.11. The van der Waals surface area contributed by atoms with E-state index in [2.05, 4.69) is 5.32 Å². The molecule has 1 rings (SSSR count). The molecule has 3 N–H and O–H groups in total. The van der Waals surface area contributed by atoms with Crippen molar-refractivity contribution in [1.82, 2.24) is 5.32 Å². The highest BCUT2D eigenvalue weighted by Gasteiger charge is 2.21. The van der Waals surface area contributed by atoms with Crippen LogP contribution in [0.15, 0.2) is 0 Å². The fourth-order valence-electron chi connectivity index (χ4n) is 1.15. The molecule has 0 radical (unpaired) electrons. The monoisotopic (exact) mass is 131 g/mol. The van der Waals surface area contributed by atoms with E-state index in [9.17, 15) is 0 Å². The molecule has 0 aliphatic carbocycles. The smallest absolute Gasteiger partial charge is 0.0811 e. The molecule has 0 aromatic rings. The van der Waals surface area contributed by atoms with Crippen LogP contribution in [0.5, 0.6) is 0 Å². The van der Waals surface area contributed by atoms with Crippen molar-refractivity contribution in [2.24, 2.45) is 5.92 Å². The summed E-state index contributed by atoms with van der Waals surface area (Å²) < 4.78 is 0. The van der Waals surface area contributed by atoms with E-state index in [1.165, 1.54) is 0 Å². The molecule has 1 heterocycles. The van der Waals surface area contributed by atoms with E-state index in [1.807, 2.05) is 0 Å². The first-order valence-electron chi connectivity index (χ1n) is 3.34. The predicted octanol–water partition coefficient (Wildman–Crippen LogP) is -1.05. The molecule has 54 valence electrons. The van der Waals surface area contributed by atoms with E-state index in [4.69, 9.17) is 10.2 Å². The molecule has 0 saturated carbocycles. The molecule has 1 saturated heterocycles. The summed E-state index contributed by atoms with van der Waals surface area (Å²) in [5, 5.41) is 20.7. The molecule has 0 bridgehead atoms. The molecule has 0 amide bonds. The largest absolute Gasteiger partial charge is 0.394 e. The molecule has 3 nitrogen and oxygen atoms in total. The van der Waals surface area contributed by atoms with Crippen molar-refractivity contribution in [3.63, 3.8) is 0 Å². The summed E-state index contributed by atoms with van der Waals surface area (Å²) in [6.07, 6.45) is 0.474. The quantitative estimate of drug-likeness (QED) is 0.448. The third-order valence-corrected chi connectivity index (χ3v) is 1.83. The van der Waals surface area contributed by atoms with Crippen LogP contribution in [0.1, 0.15) is 6.42 Å². The van der Waals surface area contributed by atoms with Gasteiger partial charge in [-0.15, -0.1) is 0 Å². The van der Waals surface area contributed by atoms with Crippen molar-refractivity contribution in [2.75, 3.05) is 19.7 Å². The van der Waals surface area contributed by atoms with Crippen LogP contribution in [0, 0.1) is 5.92 Å². The minimum absolute atomic E-state index is 0.105. The first-order chi connectivity index (χ1) is 4.34. The van der Waals surface area contributed by atoms with Gasteiger partial charge in [0.25, 0.3) is 0 Å². The summed E-state index contributed by atoms with van der Waals surface area (Å²) in [5.41, 5.74) is 0. The normalized spacial score (nSPS) is 30.7. The van der Waals surface area contributed by atoms with Gasteiger partial charge >= 0.3 is 0 Å². The Kier molecular flexibility index (Phi) is 2.45. The summed E-state index contributed by atoms with van der Waals surface area (Å²) in [5.74, 6) is 0.273. The van der Waals surface area contributed by atoms with Gasteiger partial charge in [0.05, 0.1) is 12.7 Å². The number of nitrogens with one attached hydrogen (secondary N) is 1. The standard InChI is InChI=1S/C6H13NO2/c8-4-6(9)5-1-2-7-3-5/h5-9H,1-4H2/t5-,6+/m0/s1. The number of rotatable bonds is 2. The molecular formula is C6H13NO2. The maximum absolute atomic E-state index is 9.07. The average molecular weight is 131 g/mol. The van der Waals surface area contributed by atoms with Crippen molar-refractivity contribution in [3.8, 4) is 0 Å². The van der Waals surface area contributed by atoms with Crippen LogP contribution in [0.3, 0.4) is 0 Å². The van der Waals surface area contributed by atoms with Gasteiger partial charge in [-0.05, 0) is 13.0 Å². The summed E-state index contributed by atoms with van der Waals surface area (Å²) in [4.78, 5) is 0. The molecule has 1 aliphatic heterocycles. The van der Waals surface area contributed by atoms with Crippen molar-refractivity contribution < 1.29 is 10.2 Å². The van der Waals surface area contributed by atoms with Gasteiger partial charge in [-0.25, -0.2) is 0 Å². The second-order valence-corrected chi connectivity index (χ2v) is 2.50. The van der Waals surface area contributed by atoms with E-state index in [0.29, 0.717) is 0 Å². The van der Waals surface area contributed by atoms with Gasteiger partial charge in [0.2, 0.25) is 0 Å².